The molecular weight excluding hydrogens is 180 g/mol. The molecule has 0 aliphatic carbocycles. The fourth-order valence-electron chi connectivity index (χ4n) is 1.75. The summed E-state index contributed by atoms with van der Waals surface area (Å²) >= 11 is 0. The summed E-state index contributed by atoms with van der Waals surface area (Å²) < 4.78 is 0. The minimum atomic E-state index is 0.636. The van der Waals surface area contributed by atoms with E-state index in [0.29, 0.717) is 5.92 Å². The fraction of sp³-hybridized carbons (Fsp3) is 0.467. The van der Waals surface area contributed by atoms with Crippen LogP contribution in [0.3, 0.4) is 0 Å². The smallest absolute Gasteiger partial charge is 0.0228 e. The Morgan fingerprint density at radius 1 is 1.20 bits per heavy atom. The Balaban J connectivity index is 2.82. The molecular formula is C15H22. The lowest BCUT2D eigenvalue weighted by Gasteiger charge is -2.09. The van der Waals surface area contributed by atoms with Crippen molar-refractivity contribution >= 4 is 5.57 Å². The van der Waals surface area contributed by atoms with E-state index in [9.17, 15) is 0 Å². The van der Waals surface area contributed by atoms with Crippen molar-refractivity contribution in [1.82, 2.24) is 0 Å². The summed E-state index contributed by atoms with van der Waals surface area (Å²) in [6, 6.07) is 10.7. The SMILES string of the molecule is CCCCC(=CC(C)C)c1ccccc1. The van der Waals surface area contributed by atoms with Crippen LogP contribution in [0.5, 0.6) is 0 Å². The topological polar surface area (TPSA) is 0 Å². The van der Waals surface area contributed by atoms with E-state index in [0.717, 1.165) is 0 Å². The van der Waals surface area contributed by atoms with Crippen LogP contribution in [0.25, 0.3) is 5.57 Å². The number of hydrogen-bond donors (Lipinski definition) is 0. The number of rotatable bonds is 5. The summed E-state index contributed by atoms with van der Waals surface area (Å²) in [6.07, 6.45) is 6.15. The van der Waals surface area contributed by atoms with Crippen LogP contribution in [-0.4, -0.2) is 0 Å². The quantitative estimate of drug-likeness (QED) is 0.636. The molecule has 0 heterocycles. The zero-order chi connectivity index (χ0) is 11.1. The third kappa shape index (κ3) is 4.33. The zero-order valence-electron chi connectivity index (χ0n) is 10.2. The van der Waals surface area contributed by atoms with Crippen LogP contribution in [0.1, 0.15) is 45.6 Å². The second kappa shape index (κ2) is 6.44. The lowest BCUT2D eigenvalue weighted by molar-refractivity contribution is 0.799. The minimum Gasteiger partial charge on any atom is -0.0782 e. The van der Waals surface area contributed by atoms with Gasteiger partial charge in [0.1, 0.15) is 0 Å². The second-order valence-corrected chi connectivity index (χ2v) is 4.41. The monoisotopic (exact) mass is 202 g/mol. The molecule has 0 fully saturated rings. The van der Waals surface area contributed by atoms with Gasteiger partial charge in [0.15, 0.2) is 0 Å². The maximum absolute atomic E-state index is 2.39. The summed E-state index contributed by atoms with van der Waals surface area (Å²) in [5, 5.41) is 0. The summed E-state index contributed by atoms with van der Waals surface area (Å²) in [5.41, 5.74) is 2.90. The predicted molar refractivity (Wildman–Crippen MR) is 68.8 cm³/mol. The summed E-state index contributed by atoms with van der Waals surface area (Å²) in [6.45, 7) is 6.74. The highest BCUT2D eigenvalue weighted by atomic mass is 14.1. The first-order valence-electron chi connectivity index (χ1n) is 6.00. The van der Waals surface area contributed by atoms with Crippen molar-refractivity contribution in [2.75, 3.05) is 0 Å². The maximum atomic E-state index is 2.39. The van der Waals surface area contributed by atoms with Crippen molar-refractivity contribution in [3.63, 3.8) is 0 Å². The Bertz CT molecular complexity index is 293. The van der Waals surface area contributed by atoms with Crippen LogP contribution in [0.4, 0.5) is 0 Å². The van der Waals surface area contributed by atoms with E-state index in [1.807, 2.05) is 0 Å². The van der Waals surface area contributed by atoms with Gasteiger partial charge in [-0.15, -0.1) is 0 Å². The van der Waals surface area contributed by atoms with E-state index in [1.165, 1.54) is 30.4 Å². The molecule has 1 aromatic carbocycles. The van der Waals surface area contributed by atoms with Crippen LogP contribution >= 0.6 is 0 Å². The molecule has 1 rings (SSSR count). The first kappa shape index (κ1) is 12.0. The van der Waals surface area contributed by atoms with Crippen molar-refractivity contribution in [1.29, 1.82) is 0 Å². The Morgan fingerprint density at radius 3 is 2.40 bits per heavy atom. The second-order valence-electron chi connectivity index (χ2n) is 4.41. The van der Waals surface area contributed by atoms with Crippen molar-refractivity contribution in [3.05, 3.63) is 42.0 Å². The molecule has 0 saturated carbocycles. The average Bonchev–Trinajstić information content (AvgIpc) is 2.25. The van der Waals surface area contributed by atoms with Gasteiger partial charge in [-0.25, -0.2) is 0 Å². The van der Waals surface area contributed by atoms with Gasteiger partial charge in [0.25, 0.3) is 0 Å². The van der Waals surface area contributed by atoms with E-state index in [1.54, 1.807) is 0 Å². The molecule has 0 aliphatic rings. The average molecular weight is 202 g/mol. The zero-order valence-corrected chi connectivity index (χ0v) is 10.2. The van der Waals surface area contributed by atoms with Crippen molar-refractivity contribution in [2.24, 2.45) is 5.92 Å². The molecule has 0 saturated heterocycles. The third-order valence-corrected chi connectivity index (χ3v) is 2.48. The fourth-order valence-corrected chi connectivity index (χ4v) is 1.75. The highest BCUT2D eigenvalue weighted by Gasteiger charge is 2.01. The van der Waals surface area contributed by atoms with Gasteiger partial charge < -0.3 is 0 Å². The van der Waals surface area contributed by atoms with E-state index >= 15 is 0 Å². The molecule has 15 heavy (non-hydrogen) atoms. The Kier molecular flexibility index (Phi) is 5.17. The summed E-state index contributed by atoms with van der Waals surface area (Å²) in [5.74, 6) is 0.636. The van der Waals surface area contributed by atoms with Gasteiger partial charge in [-0.2, -0.15) is 0 Å². The van der Waals surface area contributed by atoms with Gasteiger partial charge >= 0.3 is 0 Å². The molecule has 0 atom stereocenters. The molecule has 0 aromatic heterocycles. The van der Waals surface area contributed by atoms with Crippen LogP contribution < -0.4 is 0 Å². The predicted octanol–water partition coefficient (Wildman–Crippen LogP) is 4.92. The number of unbranched alkanes of at least 4 members (excludes halogenated alkanes) is 1. The van der Waals surface area contributed by atoms with Crippen molar-refractivity contribution < 1.29 is 0 Å². The number of allylic oxidation sites excluding steroid dienone is 2. The molecule has 0 unspecified atom stereocenters. The first-order chi connectivity index (χ1) is 7.24. The maximum Gasteiger partial charge on any atom is -0.0228 e. The van der Waals surface area contributed by atoms with E-state index in [4.69, 9.17) is 0 Å². The minimum absolute atomic E-state index is 0.636. The summed E-state index contributed by atoms with van der Waals surface area (Å²) in [7, 11) is 0. The molecule has 0 nitrogen and oxygen atoms in total. The molecule has 0 spiro atoms. The normalized spacial score (nSPS) is 12.1. The van der Waals surface area contributed by atoms with E-state index in [2.05, 4.69) is 57.2 Å². The van der Waals surface area contributed by atoms with Gasteiger partial charge in [-0.05, 0) is 29.9 Å². The molecule has 0 radical (unpaired) electrons. The highest BCUT2D eigenvalue weighted by molar-refractivity contribution is 5.65. The Hall–Kier alpha value is -1.04. The Labute approximate surface area is 94.0 Å². The van der Waals surface area contributed by atoms with Gasteiger partial charge in [0.05, 0.1) is 0 Å². The van der Waals surface area contributed by atoms with Gasteiger partial charge in [0, 0.05) is 0 Å². The number of hydrogen-bond acceptors (Lipinski definition) is 0. The Morgan fingerprint density at radius 2 is 1.87 bits per heavy atom. The van der Waals surface area contributed by atoms with Crippen LogP contribution in [0.2, 0.25) is 0 Å². The molecule has 0 N–H and O–H groups in total. The van der Waals surface area contributed by atoms with Crippen LogP contribution in [0, 0.1) is 5.92 Å². The third-order valence-electron chi connectivity index (χ3n) is 2.48. The standard InChI is InChI=1S/C15H22/c1-4-5-9-15(12-13(2)3)14-10-7-6-8-11-14/h6-8,10-13H,4-5,9H2,1-3H3. The lowest BCUT2D eigenvalue weighted by Crippen LogP contribution is -1.89. The van der Waals surface area contributed by atoms with Gasteiger partial charge in [-0.3, -0.25) is 0 Å². The largest absolute Gasteiger partial charge is 0.0782 e. The molecule has 0 amide bonds. The van der Waals surface area contributed by atoms with E-state index < -0.39 is 0 Å². The highest BCUT2D eigenvalue weighted by Crippen LogP contribution is 2.22. The van der Waals surface area contributed by atoms with E-state index in [-0.39, 0.29) is 0 Å². The molecule has 0 heteroatoms. The van der Waals surface area contributed by atoms with Crippen LogP contribution in [0.15, 0.2) is 36.4 Å². The van der Waals surface area contributed by atoms with Crippen molar-refractivity contribution in [3.8, 4) is 0 Å². The van der Waals surface area contributed by atoms with Gasteiger partial charge in [-0.1, -0.05) is 63.6 Å². The lowest BCUT2D eigenvalue weighted by atomic mass is 9.97. The number of benzene rings is 1. The van der Waals surface area contributed by atoms with Gasteiger partial charge in [0.2, 0.25) is 0 Å². The van der Waals surface area contributed by atoms with Crippen molar-refractivity contribution in [2.45, 2.75) is 40.0 Å². The molecule has 1 aromatic rings. The van der Waals surface area contributed by atoms with Crippen LogP contribution in [-0.2, 0) is 0 Å². The molecule has 0 aliphatic heterocycles. The molecule has 82 valence electrons. The summed E-state index contributed by atoms with van der Waals surface area (Å²) in [4.78, 5) is 0. The molecule has 0 bridgehead atoms. The first-order valence-corrected chi connectivity index (χ1v) is 6.00.